The van der Waals surface area contributed by atoms with Crippen molar-refractivity contribution >= 4 is 11.9 Å². The van der Waals surface area contributed by atoms with Crippen molar-refractivity contribution in [1.29, 1.82) is 0 Å². The normalized spacial score (nSPS) is 17.7. The molecule has 0 spiro atoms. The fraction of sp³-hybridized carbons (Fsp3) is 0.556. The number of nitrogens with zero attached hydrogens (tertiary/aromatic N) is 4. The zero-order valence-electron chi connectivity index (χ0n) is 8.33. The molecule has 1 saturated heterocycles. The maximum absolute atomic E-state index is 11.0. The van der Waals surface area contributed by atoms with Crippen LogP contribution in [-0.2, 0) is 4.79 Å². The maximum Gasteiger partial charge on any atom is 0.228 e. The van der Waals surface area contributed by atoms with Crippen LogP contribution in [0.15, 0.2) is 12.7 Å². The Morgan fingerprint density at radius 1 is 1.33 bits per heavy atom. The molecule has 0 radical (unpaired) electrons. The highest BCUT2D eigenvalue weighted by molar-refractivity contribution is 5.76. The van der Waals surface area contributed by atoms with E-state index in [2.05, 4.69) is 15.0 Å². The van der Waals surface area contributed by atoms with Gasteiger partial charge in [0.15, 0.2) is 0 Å². The van der Waals surface area contributed by atoms with Crippen molar-refractivity contribution in [2.24, 2.45) is 11.7 Å². The summed E-state index contributed by atoms with van der Waals surface area (Å²) in [5.74, 6) is 0.473. The minimum absolute atomic E-state index is 0.00286. The molecule has 1 aromatic rings. The van der Waals surface area contributed by atoms with Gasteiger partial charge in [0, 0.05) is 19.0 Å². The van der Waals surface area contributed by atoms with Gasteiger partial charge in [-0.15, -0.1) is 0 Å². The van der Waals surface area contributed by atoms with Crippen molar-refractivity contribution in [2.75, 3.05) is 18.0 Å². The first-order valence-electron chi connectivity index (χ1n) is 4.93. The summed E-state index contributed by atoms with van der Waals surface area (Å²) in [5.41, 5.74) is 5.25. The fourth-order valence-corrected chi connectivity index (χ4v) is 1.76. The number of hydrogen-bond acceptors (Lipinski definition) is 5. The van der Waals surface area contributed by atoms with Crippen LogP contribution in [-0.4, -0.2) is 33.9 Å². The average Bonchev–Trinajstić information content (AvgIpc) is 2.30. The molecule has 0 unspecified atom stereocenters. The van der Waals surface area contributed by atoms with E-state index in [1.807, 2.05) is 4.90 Å². The van der Waals surface area contributed by atoms with Gasteiger partial charge in [-0.2, -0.15) is 0 Å². The molecule has 80 valence electrons. The van der Waals surface area contributed by atoms with Gasteiger partial charge in [0.25, 0.3) is 0 Å². The third kappa shape index (κ3) is 2.20. The van der Waals surface area contributed by atoms with E-state index in [1.54, 1.807) is 0 Å². The second-order valence-corrected chi connectivity index (χ2v) is 3.60. The maximum atomic E-state index is 11.0. The van der Waals surface area contributed by atoms with Gasteiger partial charge in [0.1, 0.15) is 12.7 Å². The molecule has 0 saturated carbocycles. The lowest BCUT2D eigenvalue weighted by Gasteiger charge is -2.30. The molecule has 0 aliphatic carbocycles. The third-order valence-corrected chi connectivity index (χ3v) is 2.66. The van der Waals surface area contributed by atoms with E-state index < -0.39 is 0 Å². The van der Waals surface area contributed by atoms with E-state index in [4.69, 9.17) is 5.73 Å². The summed E-state index contributed by atoms with van der Waals surface area (Å²) < 4.78 is 0. The lowest BCUT2D eigenvalue weighted by Crippen LogP contribution is -2.39. The monoisotopic (exact) mass is 207 g/mol. The molecule has 0 atom stereocenters. The first-order chi connectivity index (χ1) is 7.27. The number of carbonyl (C=O) groups is 1. The first kappa shape index (κ1) is 9.82. The molecule has 15 heavy (non-hydrogen) atoms. The number of piperidine rings is 1. The number of anilines is 1. The topological polar surface area (TPSA) is 85.0 Å². The molecular formula is C9H13N5O. The van der Waals surface area contributed by atoms with Crippen LogP contribution in [0, 0.1) is 5.92 Å². The zero-order valence-corrected chi connectivity index (χ0v) is 8.33. The molecule has 6 heteroatoms. The predicted octanol–water partition coefficient (Wildman–Crippen LogP) is -0.427. The van der Waals surface area contributed by atoms with Gasteiger partial charge in [0.05, 0.1) is 0 Å². The molecular weight excluding hydrogens is 194 g/mol. The highest BCUT2D eigenvalue weighted by Gasteiger charge is 2.24. The van der Waals surface area contributed by atoms with E-state index in [-0.39, 0.29) is 11.8 Å². The van der Waals surface area contributed by atoms with Gasteiger partial charge in [-0.05, 0) is 12.8 Å². The van der Waals surface area contributed by atoms with E-state index in [0.29, 0.717) is 5.95 Å². The van der Waals surface area contributed by atoms with E-state index in [9.17, 15) is 4.79 Å². The van der Waals surface area contributed by atoms with E-state index >= 15 is 0 Å². The van der Waals surface area contributed by atoms with Gasteiger partial charge in [0.2, 0.25) is 11.9 Å². The van der Waals surface area contributed by atoms with Crippen molar-refractivity contribution in [3.8, 4) is 0 Å². The molecule has 0 aromatic carbocycles. The summed E-state index contributed by atoms with van der Waals surface area (Å²) in [6.07, 6.45) is 4.51. The van der Waals surface area contributed by atoms with Crippen molar-refractivity contribution < 1.29 is 4.79 Å². The second-order valence-electron chi connectivity index (χ2n) is 3.60. The Hall–Kier alpha value is -1.72. The minimum atomic E-state index is -0.203. The molecule has 1 aliphatic rings. The predicted molar refractivity (Wildman–Crippen MR) is 54.0 cm³/mol. The van der Waals surface area contributed by atoms with Crippen LogP contribution < -0.4 is 10.6 Å². The lowest BCUT2D eigenvalue weighted by molar-refractivity contribution is -0.122. The van der Waals surface area contributed by atoms with E-state index in [0.717, 1.165) is 25.9 Å². The highest BCUT2D eigenvalue weighted by Crippen LogP contribution is 2.19. The Morgan fingerprint density at radius 3 is 2.47 bits per heavy atom. The Kier molecular flexibility index (Phi) is 2.75. The van der Waals surface area contributed by atoms with Gasteiger partial charge in [-0.25, -0.2) is 15.0 Å². The molecule has 6 nitrogen and oxygen atoms in total. The van der Waals surface area contributed by atoms with Gasteiger partial charge in [-0.3, -0.25) is 4.79 Å². The van der Waals surface area contributed by atoms with Crippen LogP contribution in [0.1, 0.15) is 12.8 Å². The SMILES string of the molecule is NC(=O)C1CCN(c2ncncn2)CC1. The molecule has 1 aliphatic heterocycles. The highest BCUT2D eigenvalue weighted by atomic mass is 16.1. The summed E-state index contributed by atoms with van der Waals surface area (Å²) >= 11 is 0. The van der Waals surface area contributed by atoms with Crippen LogP contribution in [0.4, 0.5) is 5.95 Å². The van der Waals surface area contributed by atoms with Crippen LogP contribution >= 0.6 is 0 Å². The number of amides is 1. The largest absolute Gasteiger partial charge is 0.369 e. The second kappa shape index (κ2) is 4.20. The molecule has 1 aromatic heterocycles. The quantitative estimate of drug-likeness (QED) is 0.711. The van der Waals surface area contributed by atoms with Crippen LogP contribution in [0.2, 0.25) is 0 Å². The third-order valence-electron chi connectivity index (χ3n) is 2.66. The Bertz CT molecular complexity index is 334. The van der Waals surface area contributed by atoms with Gasteiger partial charge in [-0.1, -0.05) is 0 Å². The van der Waals surface area contributed by atoms with Crippen LogP contribution in [0.25, 0.3) is 0 Å². The summed E-state index contributed by atoms with van der Waals surface area (Å²) in [6.45, 7) is 1.55. The van der Waals surface area contributed by atoms with Crippen molar-refractivity contribution in [1.82, 2.24) is 15.0 Å². The average molecular weight is 207 g/mol. The number of rotatable bonds is 2. The number of nitrogens with two attached hydrogens (primary N) is 1. The molecule has 0 bridgehead atoms. The summed E-state index contributed by atoms with van der Waals surface area (Å²) in [6, 6.07) is 0. The summed E-state index contributed by atoms with van der Waals surface area (Å²) in [4.78, 5) is 24.9. The van der Waals surface area contributed by atoms with E-state index in [1.165, 1.54) is 12.7 Å². The number of carbonyl (C=O) groups excluding carboxylic acids is 1. The van der Waals surface area contributed by atoms with Gasteiger partial charge >= 0.3 is 0 Å². The zero-order chi connectivity index (χ0) is 10.7. The number of primary amides is 1. The number of hydrogen-bond donors (Lipinski definition) is 1. The Labute approximate surface area is 87.5 Å². The smallest absolute Gasteiger partial charge is 0.228 e. The molecule has 2 N–H and O–H groups in total. The first-order valence-corrected chi connectivity index (χ1v) is 4.93. The molecule has 1 amide bonds. The Balaban J connectivity index is 1.97. The number of aromatic nitrogens is 3. The molecule has 2 heterocycles. The summed E-state index contributed by atoms with van der Waals surface area (Å²) in [7, 11) is 0. The van der Waals surface area contributed by atoms with Crippen LogP contribution in [0.3, 0.4) is 0 Å². The molecule has 1 fully saturated rings. The molecule has 2 rings (SSSR count). The lowest BCUT2D eigenvalue weighted by atomic mass is 9.97. The Morgan fingerprint density at radius 2 is 1.93 bits per heavy atom. The standard InChI is InChI=1S/C9H13N5O/c10-8(15)7-1-3-14(4-2-7)9-12-5-11-6-13-9/h5-7H,1-4H2,(H2,10,15). The summed E-state index contributed by atoms with van der Waals surface area (Å²) in [5, 5.41) is 0. The van der Waals surface area contributed by atoms with Gasteiger partial charge < -0.3 is 10.6 Å². The minimum Gasteiger partial charge on any atom is -0.369 e. The van der Waals surface area contributed by atoms with Crippen molar-refractivity contribution in [2.45, 2.75) is 12.8 Å². The fourth-order valence-electron chi connectivity index (χ4n) is 1.76. The van der Waals surface area contributed by atoms with Crippen LogP contribution in [0.5, 0.6) is 0 Å². The van der Waals surface area contributed by atoms with Crippen molar-refractivity contribution in [3.05, 3.63) is 12.7 Å². The van der Waals surface area contributed by atoms with Crippen molar-refractivity contribution in [3.63, 3.8) is 0 Å².